The van der Waals surface area contributed by atoms with Gasteiger partial charge in [0.15, 0.2) is 29.0 Å². The summed E-state index contributed by atoms with van der Waals surface area (Å²) in [4.78, 5) is 43.4. The number of carbonyl (C=O) groups excluding carboxylic acids is 2. The van der Waals surface area contributed by atoms with Gasteiger partial charge in [-0.25, -0.2) is 19.7 Å². The van der Waals surface area contributed by atoms with Crippen LogP contribution in [0.2, 0.25) is 0 Å². The lowest BCUT2D eigenvalue weighted by Crippen LogP contribution is -2.70. The molecule has 0 saturated carbocycles. The Morgan fingerprint density at radius 1 is 1.07 bits per heavy atom. The van der Waals surface area contributed by atoms with Gasteiger partial charge in [-0.2, -0.15) is 0 Å². The van der Waals surface area contributed by atoms with Crippen molar-refractivity contribution in [3.8, 4) is 0 Å². The SMILES string of the molecule is CC(C)(C)OC(=O)N1CCCC12CN(C[C@H]1O[C@@H](n3cnc4c(NC(=O)c5ccccc5)ncnc43)[C@@H]3OC(C)(C)O[C@@H]31)C2. The number of fused-ring (bicyclic) bond motifs is 2. The summed E-state index contributed by atoms with van der Waals surface area (Å²) in [6.07, 6.45) is 3.19. The molecule has 1 aromatic carbocycles. The van der Waals surface area contributed by atoms with Crippen LogP contribution in [-0.2, 0) is 18.9 Å². The van der Waals surface area contributed by atoms with Gasteiger partial charge in [-0.1, -0.05) is 18.2 Å². The Morgan fingerprint density at radius 3 is 2.57 bits per heavy atom. The topological polar surface area (TPSA) is 133 Å². The number of imidazole rings is 1. The Bertz CT molecular complexity index is 1560. The summed E-state index contributed by atoms with van der Waals surface area (Å²) in [5, 5.41) is 2.86. The van der Waals surface area contributed by atoms with Gasteiger partial charge in [-0.15, -0.1) is 0 Å². The van der Waals surface area contributed by atoms with Crippen LogP contribution >= 0.6 is 0 Å². The molecule has 4 aliphatic heterocycles. The van der Waals surface area contributed by atoms with E-state index in [0.29, 0.717) is 35.6 Å². The number of likely N-dealkylation sites (tertiary alicyclic amines) is 2. The number of carbonyl (C=O) groups is 2. The molecule has 1 spiro atoms. The van der Waals surface area contributed by atoms with Crippen molar-refractivity contribution in [2.45, 2.75) is 88.9 Å². The van der Waals surface area contributed by atoms with E-state index >= 15 is 0 Å². The second-order valence-corrected chi connectivity index (χ2v) is 13.6. The molecule has 2 amide bonds. The van der Waals surface area contributed by atoms with Crippen molar-refractivity contribution in [2.75, 3.05) is 31.5 Å². The Balaban J connectivity index is 1.08. The summed E-state index contributed by atoms with van der Waals surface area (Å²) in [6, 6.07) is 8.94. The van der Waals surface area contributed by atoms with E-state index in [4.69, 9.17) is 18.9 Å². The maximum absolute atomic E-state index is 13.0. The predicted octanol–water partition coefficient (Wildman–Crippen LogP) is 3.58. The minimum absolute atomic E-state index is 0.204. The van der Waals surface area contributed by atoms with E-state index in [0.717, 1.165) is 25.9 Å². The van der Waals surface area contributed by atoms with Crippen molar-refractivity contribution >= 4 is 29.0 Å². The molecule has 0 unspecified atom stereocenters. The van der Waals surface area contributed by atoms with E-state index in [-0.39, 0.29) is 29.7 Å². The van der Waals surface area contributed by atoms with Crippen LogP contribution in [0.5, 0.6) is 0 Å². The normalized spacial score (nSPS) is 27.4. The van der Waals surface area contributed by atoms with Crippen LogP contribution in [-0.4, -0.2) is 103 Å². The molecule has 3 aromatic rings. The van der Waals surface area contributed by atoms with Gasteiger partial charge in [-0.05, 0) is 59.6 Å². The molecule has 0 bridgehead atoms. The largest absolute Gasteiger partial charge is 0.444 e. The number of nitrogens with zero attached hydrogens (tertiary/aromatic N) is 6. The van der Waals surface area contributed by atoms with Crippen LogP contribution in [0.25, 0.3) is 11.2 Å². The van der Waals surface area contributed by atoms with E-state index < -0.39 is 23.7 Å². The maximum atomic E-state index is 13.0. The molecule has 44 heavy (non-hydrogen) atoms. The highest BCUT2D eigenvalue weighted by atomic mass is 16.8. The Kier molecular flexibility index (Phi) is 6.92. The van der Waals surface area contributed by atoms with Gasteiger partial charge in [0.25, 0.3) is 5.91 Å². The number of hydrogen-bond donors (Lipinski definition) is 1. The molecule has 6 heterocycles. The highest BCUT2D eigenvalue weighted by molar-refractivity contribution is 6.06. The van der Waals surface area contributed by atoms with E-state index in [1.807, 2.05) is 50.2 Å². The first kappa shape index (κ1) is 29.1. The zero-order chi connectivity index (χ0) is 30.9. The molecule has 7 rings (SSSR count). The number of aromatic nitrogens is 4. The fraction of sp³-hybridized carbons (Fsp3) is 0.581. The predicted molar refractivity (Wildman–Crippen MR) is 159 cm³/mol. The lowest BCUT2D eigenvalue weighted by Gasteiger charge is -2.53. The van der Waals surface area contributed by atoms with E-state index in [1.165, 1.54) is 6.33 Å². The summed E-state index contributed by atoms with van der Waals surface area (Å²) < 4.78 is 26.9. The smallest absolute Gasteiger partial charge is 0.410 e. The van der Waals surface area contributed by atoms with Crippen molar-refractivity contribution < 1.29 is 28.5 Å². The zero-order valence-corrected chi connectivity index (χ0v) is 25.7. The summed E-state index contributed by atoms with van der Waals surface area (Å²) in [6.45, 7) is 12.3. The number of anilines is 1. The molecule has 1 N–H and O–H groups in total. The molecule has 4 fully saturated rings. The number of rotatable bonds is 5. The fourth-order valence-electron chi connectivity index (χ4n) is 6.97. The lowest BCUT2D eigenvalue weighted by molar-refractivity contribution is -0.200. The minimum Gasteiger partial charge on any atom is -0.444 e. The van der Waals surface area contributed by atoms with Crippen molar-refractivity contribution in [3.05, 3.63) is 48.5 Å². The third kappa shape index (κ3) is 5.21. The van der Waals surface area contributed by atoms with Gasteiger partial charge in [0.05, 0.1) is 11.9 Å². The average molecular weight is 606 g/mol. The summed E-state index contributed by atoms with van der Waals surface area (Å²) in [5.74, 6) is -0.758. The monoisotopic (exact) mass is 605 g/mol. The first-order chi connectivity index (χ1) is 20.9. The van der Waals surface area contributed by atoms with Gasteiger partial charge in [-0.3, -0.25) is 19.2 Å². The molecule has 4 atom stereocenters. The molecule has 0 aliphatic carbocycles. The second-order valence-electron chi connectivity index (χ2n) is 13.6. The van der Waals surface area contributed by atoms with Gasteiger partial charge < -0.3 is 24.3 Å². The molecule has 234 valence electrons. The maximum Gasteiger partial charge on any atom is 0.410 e. The van der Waals surface area contributed by atoms with Crippen LogP contribution in [0.15, 0.2) is 43.0 Å². The van der Waals surface area contributed by atoms with E-state index in [2.05, 4.69) is 25.2 Å². The average Bonchev–Trinajstić information content (AvgIpc) is 3.70. The standard InChI is InChI=1S/C31H39N7O6/c1-29(2,3)44-28(40)38-13-9-12-31(38)15-36(16-31)14-20-22-23(43-30(4,5)42-22)27(41-20)37-18-34-21-24(32-17-33-25(21)37)35-26(39)19-10-7-6-8-11-19/h6-8,10-11,17-18,20,22-23,27H,9,12-16H2,1-5H3,(H,32,33,35,39)/t20-,22-,23-,27-/m1/s1. The van der Waals surface area contributed by atoms with Crippen LogP contribution in [0, 0.1) is 0 Å². The lowest BCUT2D eigenvalue weighted by atomic mass is 9.86. The first-order valence-electron chi connectivity index (χ1n) is 15.2. The summed E-state index contributed by atoms with van der Waals surface area (Å²) >= 11 is 0. The summed E-state index contributed by atoms with van der Waals surface area (Å²) in [7, 11) is 0. The highest BCUT2D eigenvalue weighted by Crippen LogP contribution is 2.46. The van der Waals surface area contributed by atoms with Crippen LogP contribution in [0.3, 0.4) is 0 Å². The van der Waals surface area contributed by atoms with Gasteiger partial charge in [0, 0.05) is 31.7 Å². The van der Waals surface area contributed by atoms with Crippen LogP contribution < -0.4 is 5.32 Å². The zero-order valence-electron chi connectivity index (χ0n) is 25.7. The first-order valence-corrected chi connectivity index (χ1v) is 15.2. The molecule has 13 heteroatoms. The quantitative estimate of drug-likeness (QED) is 0.460. The fourth-order valence-corrected chi connectivity index (χ4v) is 6.97. The number of benzene rings is 1. The number of nitrogens with one attached hydrogen (secondary N) is 1. The van der Waals surface area contributed by atoms with Crippen molar-refractivity contribution in [1.29, 1.82) is 0 Å². The molecule has 2 aromatic heterocycles. The van der Waals surface area contributed by atoms with E-state index in [1.54, 1.807) is 30.6 Å². The van der Waals surface area contributed by atoms with Gasteiger partial charge in [0.1, 0.15) is 30.2 Å². The Morgan fingerprint density at radius 2 is 1.82 bits per heavy atom. The van der Waals surface area contributed by atoms with Crippen molar-refractivity contribution in [3.63, 3.8) is 0 Å². The highest BCUT2D eigenvalue weighted by Gasteiger charge is 2.59. The van der Waals surface area contributed by atoms with Gasteiger partial charge >= 0.3 is 6.09 Å². The third-order valence-electron chi connectivity index (χ3n) is 8.71. The van der Waals surface area contributed by atoms with Crippen molar-refractivity contribution in [2.24, 2.45) is 0 Å². The Hall–Kier alpha value is -3.65. The number of amides is 2. The minimum atomic E-state index is -0.787. The molecule has 4 saturated heterocycles. The van der Waals surface area contributed by atoms with Crippen LogP contribution in [0.4, 0.5) is 10.6 Å². The van der Waals surface area contributed by atoms with Crippen LogP contribution in [0.1, 0.15) is 64.0 Å². The van der Waals surface area contributed by atoms with Crippen molar-refractivity contribution in [1.82, 2.24) is 29.3 Å². The van der Waals surface area contributed by atoms with Gasteiger partial charge in [0.2, 0.25) is 0 Å². The molecular formula is C31H39N7O6. The third-order valence-corrected chi connectivity index (χ3v) is 8.71. The molecule has 0 radical (unpaired) electrons. The Labute approximate surface area is 255 Å². The molecular weight excluding hydrogens is 566 g/mol. The second kappa shape index (κ2) is 10.5. The van der Waals surface area contributed by atoms with E-state index in [9.17, 15) is 9.59 Å². The number of ether oxygens (including phenoxy) is 4. The molecule has 4 aliphatic rings. The summed E-state index contributed by atoms with van der Waals surface area (Å²) in [5.41, 5.74) is 0.746. The molecule has 13 nitrogen and oxygen atoms in total. The number of hydrogen-bond acceptors (Lipinski definition) is 10.